The van der Waals surface area contributed by atoms with E-state index in [1.807, 2.05) is 0 Å². The van der Waals surface area contributed by atoms with Gasteiger partial charge in [0.1, 0.15) is 0 Å². The van der Waals surface area contributed by atoms with Crippen LogP contribution in [0.25, 0.3) is 0 Å². The van der Waals surface area contributed by atoms with Gasteiger partial charge in [-0.2, -0.15) is 0 Å². The SMILES string of the molecule is COC(=O)C1CCCC(C(=O)OCCCC(C)C)C1. The van der Waals surface area contributed by atoms with Crippen LogP contribution >= 0.6 is 0 Å². The molecule has 110 valence electrons. The van der Waals surface area contributed by atoms with Crippen LogP contribution in [0.5, 0.6) is 0 Å². The molecule has 0 N–H and O–H groups in total. The van der Waals surface area contributed by atoms with Crippen LogP contribution in [0.3, 0.4) is 0 Å². The molecule has 1 saturated carbocycles. The fourth-order valence-corrected chi connectivity index (χ4v) is 2.57. The molecule has 19 heavy (non-hydrogen) atoms. The molecule has 4 heteroatoms. The molecule has 1 aliphatic carbocycles. The van der Waals surface area contributed by atoms with Crippen molar-refractivity contribution in [2.45, 2.75) is 52.4 Å². The van der Waals surface area contributed by atoms with E-state index in [1.54, 1.807) is 0 Å². The maximum Gasteiger partial charge on any atom is 0.308 e. The summed E-state index contributed by atoms with van der Waals surface area (Å²) in [5.41, 5.74) is 0. The molecule has 4 nitrogen and oxygen atoms in total. The Morgan fingerprint density at radius 3 is 2.37 bits per heavy atom. The first-order valence-corrected chi connectivity index (χ1v) is 7.29. The third-order valence-corrected chi connectivity index (χ3v) is 3.71. The molecular formula is C15H26O4. The summed E-state index contributed by atoms with van der Waals surface area (Å²) in [6.07, 6.45) is 5.11. The lowest BCUT2D eigenvalue weighted by Crippen LogP contribution is -2.29. The van der Waals surface area contributed by atoms with Crippen LogP contribution in [-0.2, 0) is 19.1 Å². The van der Waals surface area contributed by atoms with Crippen molar-refractivity contribution in [3.63, 3.8) is 0 Å². The van der Waals surface area contributed by atoms with Gasteiger partial charge in [0.05, 0.1) is 25.6 Å². The van der Waals surface area contributed by atoms with Crippen molar-refractivity contribution in [2.75, 3.05) is 13.7 Å². The quantitative estimate of drug-likeness (QED) is 0.550. The molecule has 0 radical (unpaired) electrons. The molecule has 0 heterocycles. The highest BCUT2D eigenvalue weighted by Crippen LogP contribution is 2.30. The lowest BCUT2D eigenvalue weighted by atomic mass is 9.81. The number of ether oxygens (including phenoxy) is 2. The zero-order chi connectivity index (χ0) is 14.3. The highest BCUT2D eigenvalue weighted by molar-refractivity contribution is 5.76. The van der Waals surface area contributed by atoms with E-state index < -0.39 is 0 Å². The Morgan fingerprint density at radius 1 is 1.16 bits per heavy atom. The lowest BCUT2D eigenvalue weighted by Gasteiger charge is -2.26. The van der Waals surface area contributed by atoms with Gasteiger partial charge in [0.25, 0.3) is 0 Å². The van der Waals surface area contributed by atoms with E-state index in [1.165, 1.54) is 7.11 Å². The Kier molecular flexibility index (Phi) is 6.89. The van der Waals surface area contributed by atoms with Crippen LogP contribution < -0.4 is 0 Å². The molecule has 1 aliphatic rings. The first-order chi connectivity index (χ1) is 9.04. The van der Waals surface area contributed by atoms with Crippen LogP contribution in [0, 0.1) is 17.8 Å². The van der Waals surface area contributed by atoms with Crippen molar-refractivity contribution in [3.8, 4) is 0 Å². The predicted molar refractivity (Wildman–Crippen MR) is 72.5 cm³/mol. The first kappa shape index (κ1) is 16.0. The first-order valence-electron chi connectivity index (χ1n) is 7.29. The van der Waals surface area contributed by atoms with Gasteiger partial charge in [-0.15, -0.1) is 0 Å². The highest BCUT2D eigenvalue weighted by Gasteiger charge is 2.32. The molecule has 0 aromatic carbocycles. The second kappa shape index (κ2) is 8.18. The van der Waals surface area contributed by atoms with E-state index in [2.05, 4.69) is 13.8 Å². The molecule has 2 atom stereocenters. The summed E-state index contributed by atoms with van der Waals surface area (Å²) in [6, 6.07) is 0. The van der Waals surface area contributed by atoms with Crippen LogP contribution in [0.1, 0.15) is 52.4 Å². The van der Waals surface area contributed by atoms with E-state index in [0.29, 0.717) is 18.9 Å². The van der Waals surface area contributed by atoms with Crippen molar-refractivity contribution in [2.24, 2.45) is 17.8 Å². The van der Waals surface area contributed by atoms with E-state index in [-0.39, 0.29) is 23.8 Å². The van der Waals surface area contributed by atoms with Crippen molar-refractivity contribution >= 4 is 11.9 Å². The maximum absolute atomic E-state index is 11.9. The molecule has 0 aliphatic heterocycles. The number of methoxy groups -OCH3 is 1. The van der Waals surface area contributed by atoms with Gasteiger partial charge in [0.15, 0.2) is 0 Å². The summed E-state index contributed by atoms with van der Waals surface area (Å²) >= 11 is 0. The molecule has 0 aromatic rings. The van der Waals surface area contributed by atoms with E-state index in [4.69, 9.17) is 9.47 Å². The molecule has 1 fully saturated rings. The normalized spacial score (nSPS) is 23.2. The van der Waals surface area contributed by atoms with Crippen LogP contribution in [-0.4, -0.2) is 25.7 Å². The topological polar surface area (TPSA) is 52.6 Å². The number of hydrogen-bond donors (Lipinski definition) is 0. The Bertz CT molecular complexity index is 299. The minimum Gasteiger partial charge on any atom is -0.469 e. The zero-order valence-electron chi connectivity index (χ0n) is 12.3. The fraction of sp³-hybridized carbons (Fsp3) is 0.867. The Hall–Kier alpha value is -1.06. The van der Waals surface area contributed by atoms with Crippen LogP contribution in [0.15, 0.2) is 0 Å². The van der Waals surface area contributed by atoms with Gasteiger partial charge in [-0.3, -0.25) is 9.59 Å². The van der Waals surface area contributed by atoms with Crippen molar-refractivity contribution < 1.29 is 19.1 Å². The van der Waals surface area contributed by atoms with Gasteiger partial charge in [-0.05, 0) is 38.0 Å². The fourth-order valence-electron chi connectivity index (χ4n) is 2.57. The Labute approximate surface area is 115 Å². The third kappa shape index (κ3) is 5.62. The number of carbonyl (C=O) groups excluding carboxylic acids is 2. The highest BCUT2D eigenvalue weighted by atomic mass is 16.5. The predicted octanol–water partition coefficient (Wildman–Crippen LogP) is 2.95. The molecular weight excluding hydrogens is 244 g/mol. The number of carbonyl (C=O) groups is 2. The van der Waals surface area contributed by atoms with Gasteiger partial charge in [0, 0.05) is 0 Å². The smallest absolute Gasteiger partial charge is 0.308 e. The van der Waals surface area contributed by atoms with Crippen molar-refractivity contribution in [1.82, 2.24) is 0 Å². The molecule has 0 aromatic heterocycles. The monoisotopic (exact) mass is 270 g/mol. The minimum absolute atomic E-state index is 0.128. The summed E-state index contributed by atoms with van der Waals surface area (Å²) in [6.45, 7) is 4.81. The largest absolute Gasteiger partial charge is 0.469 e. The third-order valence-electron chi connectivity index (χ3n) is 3.71. The average Bonchev–Trinajstić information content (AvgIpc) is 2.42. The Balaban J connectivity index is 2.29. The zero-order valence-corrected chi connectivity index (χ0v) is 12.3. The summed E-state index contributed by atoms with van der Waals surface area (Å²) in [4.78, 5) is 23.4. The van der Waals surface area contributed by atoms with Gasteiger partial charge in [-0.25, -0.2) is 0 Å². The van der Waals surface area contributed by atoms with Crippen LogP contribution in [0.4, 0.5) is 0 Å². The van der Waals surface area contributed by atoms with Gasteiger partial charge in [-0.1, -0.05) is 20.3 Å². The summed E-state index contributed by atoms with van der Waals surface area (Å²) in [7, 11) is 1.40. The average molecular weight is 270 g/mol. The maximum atomic E-state index is 11.9. The van der Waals surface area contributed by atoms with Crippen molar-refractivity contribution in [3.05, 3.63) is 0 Å². The molecule has 1 rings (SSSR count). The summed E-state index contributed by atoms with van der Waals surface area (Å²) in [5, 5.41) is 0. The lowest BCUT2D eigenvalue weighted by molar-refractivity contribution is -0.153. The van der Waals surface area contributed by atoms with E-state index >= 15 is 0 Å². The molecule has 0 spiro atoms. The van der Waals surface area contributed by atoms with E-state index in [0.717, 1.165) is 32.1 Å². The van der Waals surface area contributed by atoms with Gasteiger partial charge >= 0.3 is 11.9 Å². The standard InChI is InChI=1S/C15H26O4/c1-11(2)6-5-9-19-15(17)13-8-4-7-12(10-13)14(16)18-3/h11-13H,4-10H2,1-3H3. The number of hydrogen-bond acceptors (Lipinski definition) is 4. The second-order valence-electron chi connectivity index (χ2n) is 5.79. The molecule has 0 bridgehead atoms. The number of esters is 2. The van der Waals surface area contributed by atoms with Gasteiger partial charge in [0.2, 0.25) is 0 Å². The summed E-state index contributed by atoms with van der Waals surface area (Å²) in [5.74, 6) is 0.0376. The van der Waals surface area contributed by atoms with Crippen molar-refractivity contribution in [1.29, 1.82) is 0 Å². The molecule has 0 amide bonds. The molecule has 0 saturated heterocycles. The summed E-state index contributed by atoms with van der Waals surface area (Å²) < 4.78 is 10.1. The second-order valence-corrected chi connectivity index (χ2v) is 5.79. The minimum atomic E-state index is -0.197. The van der Waals surface area contributed by atoms with Crippen LogP contribution in [0.2, 0.25) is 0 Å². The Morgan fingerprint density at radius 2 is 1.79 bits per heavy atom. The van der Waals surface area contributed by atoms with Gasteiger partial charge < -0.3 is 9.47 Å². The number of rotatable bonds is 6. The molecule has 2 unspecified atom stereocenters. The van der Waals surface area contributed by atoms with E-state index in [9.17, 15) is 9.59 Å².